The highest BCUT2D eigenvalue weighted by atomic mass is 32.2. The Morgan fingerprint density at radius 1 is 1.17 bits per heavy atom. The van der Waals surface area contributed by atoms with Gasteiger partial charge in [-0.15, -0.1) is 11.3 Å². The fraction of sp³-hybridized carbons (Fsp3) is 0.476. The van der Waals surface area contributed by atoms with E-state index in [9.17, 15) is 13.2 Å². The molecule has 30 heavy (non-hydrogen) atoms. The number of nitrogens with zero attached hydrogens (tertiary/aromatic N) is 1. The second-order valence-electron chi connectivity index (χ2n) is 7.75. The second kappa shape index (κ2) is 8.56. The summed E-state index contributed by atoms with van der Waals surface area (Å²) in [6.07, 6.45) is 5.80. The van der Waals surface area contributed by atoms with Crippen molar-refractivity contribution in [2.45, 2.75) is 54.9 Å². The van der Waals surface area contributed by atoms with Crippen LogP contribution in [0.3, 0.4) is 0 Å². The Morgan fingerprint density at radius 3 is 2.67 bits per heavy atom. The largest absolute Gasteiger partial charge is 0.448 e. The number of sulfonamides is 1. The summed E-state index contributed by atoms with van der Waals surface area (Å²) in [5, 5.41) is 4.59. The number of carbonyl (C=O) groups excluding carboxylic acids is 1. The molecule has 1 aromatic carbocycles. The second-order valence-corrected chi connectivity index (χ2v) is 11.0. The number of anilines is 1. The molecule has 0 atom stereocenters. The summed E-state index contributed by atoms with van der Waals surface area (Å²) in [6, 6.07) is 8.72. The SMILES string of the molecule is CN(CCCC(=O)Nc1ccc2c(c1)OC1(CCCCC1)O2)S(=O)(=O)c1cccs1. The number of hydrogen-bond acceptors (Lipinski definition) is 6. The Kier molecular flexibility index (Phi) is 6.04. The van der Waals surface area contributed by atoms with Crippen LogP contribution in [0.2, 0.25) is 0 Å². The highest BCUT2D eigenvalue weighted by Gasteiger charge is 2.42. The summed E-state index contributed by atoms with van der Waals surface area (Å²) in [6.45, 7) is 0.275. The molecule has 0 unspecified atom stereocenters. The van der Waals surface area contributed by atoms with Gasteiger partial charge in [-0.25, -0.2) is 12.7 Å². The van der Waals surface area contributed by atoms with Crippen molar-refractivity contribution >= 4 is 33.0 Å². The lowest BCUT2D eigenvalue weighted by atomic mass is 9.94. The minimum absolute atomic E-state index is 0.164. The van der Waals surface area contributed by atoms with Gasteiger partial charge in [0.15, 0.2) is 11.5 Å². The molecule has 1 N–H and O–H groups in total. The predicted octanol–water partition coefficient (Wildman–Crippen LogP) is 4.22. The third kappa shape index (κ3) is 4.48. The van der Waals surface area contributed by atoms with Crippen LogP contribution in [0.15, 0.2) is 39.9 Å². The number of benzene rings is 1. The van der Waals surface area contributed by atoms with Gasteiger partial charge >= 0.3 is 0 Å². The van der Waals surface area contributed by atoms with Gasteiger partial charge in [-0.3, -0.25) is 4.79 Å². The van der Waals surface area contributed by atoms with E-state index in [-0.39, 0.29) is 18.9 Å². The van der Waals surface area contributed by atoms with Crippen LogP contribution in [-0.4, -0.2) is 38.0 Å². The van der Waals surface area contributed by atoms with Crippen LogP contribution < -0.4 is 14.8 Å². The molecule has 0 bridgehead atoms. The number of thiophene rings is 1. The standard InChI is InChI=1S/C21H26N2O5S2/c1-23(30(25,26)20-8-6-14-29-20)13-5-7-19(24)22-16-9-10-17-18(15-16)28-21(27-17)11-3-2-4-12-21/h6,8-10,14-15H,2-5,7,11-13H2,1H3,(H,22,24). The maximum Gasteiger partial charge on any atom is 0.252 e. The average Bonchev–Trinajstić information content (AvgIpc) is 3.36. The lowest BCUT2D eigenvalue weighted by molar-refractivity contribution is -0.116. The van der Waals surface area contributed by atoms with Gasteiger partial charge in [0.25, 0.3) is 15.8 Å². The molecule has 1 aliphatic heterocycles. The monoisotopic (exact) mass is 450 g/mol. The van der Waals surface area contributed by atoms with Crippen molar-refractivity contribution in [2.75, 3.05) is 18.9 Å². The van der Waals surface area contributed by atoms with Crippen molar-refractivity contribution in [3.63, 3.8) is 0 Å². The van der Waals surface area contributed by atoms with Gasteiger partial charge in [-0.1, -0.05) is 12.5 Å². The molecular formula is C21H26N2O5S2. The van der Waals surface area contributed by atoms with Crippen LogP contribution >= 0.6 is 11.3 Å². The maximum atomic E-state index is 12.4. The molecule has 7 nitrogen and oxygen atoms in total. The van der Waals surface area contributed by atoms with Crippen LogP contribution in [0.4, 0.5) is 5.69 Å². The number of hydrogen-bond donors (Lipinski definition) is 1. The number of rotatable bonds is 7. The molecule has 0 saturated heterocycles. The smallest absolute Gasteiger partial charge is 0.252 e. The van der Waals surface area contributed by atoms with Gasteiger partial charge in [0.1, 0.15) is 4.21 Å². The summed E-state index contributed by atoms with van der Waals surface area (Å²) < 4.78 is 38.6. The highest BCUT2D eigenvalue weighted by Crippen LogP contribution is 2.46. The van der Waals surface area contributed by atoms with E-state index >= 15 is 0 Å². The molecule has 0 radical (unpaired) electrons. The number of fused-ring (bicyclic) bond motifs is 1. The van der Waals surface area contributed by atoms with Crippen molar-refractivity contribution in [1.29, 1.82) is 0 Å². The van der Waals surface area contributed by atoms with Gasteiger partial charge in [-0.2, -0.15) is 0 Å². The van der Waals surface area contributed by atoms with Crippen LogP contribution in [0.25, 0.3) is 0 Å². The number of nitrogens with one attached hydrogen (secondary N) is 1. The normalized spacial score (nSPS) is 17.4. The van der Waals surface area contributed by atoms with Crippen molar-refractivity contribution < 1.29 is 22.7 Å². The van der Waals surface area contributed by atoms with E-state index in [1.807, 2.05) is 6.07 Å². The van der Waals surface area contributed by atoms with E-state index in [1.54, 1.807) is 29.6 Å². The van der Waals surface area contributed by atoms with Gasteiger partial charge in [-0.05, 0) is 42.8 Å². The summed E-state index contributed by atoms with van der Waals surface area (Å²) in [4.78, 5) is 12.3. The first-order valence-corrected chi connectivity index (χ1v) is 12.5. The van der Waals surface area contributed by atoms with Crippen molar-refractivity contribution in [1.82, 2.24) is 4.31 Å². The Labute approximate surface area is 181 Å². The minimum Gasteiger partial charge on any atom is -0.448 e. The first-order chi connectivity index (χ1) is 14.4. The fourth-order valence-corrected chi connectivity index (χ4v) is 6.25. The van der Waals surface area contributed by atoms with E-state index in [2.05, 4.69) is 5.32 Å². The highest BCUT2D eigenvalue weighted by molar-refractivity contribution is 7.91. The zero-order valence-electron chi connectivity index (χ0n) is 16.9. The van der Waals surface area contributed by atoms with E-state index < -0.39 is 15.8 Å². The average molecular weight is 451 g/mol. The summed E-state index contributed by atoms with van der Waals surface area (Å²) >= 11 is 1.19. The number of ether oxygens (including phenoxy) is 2. The van der Waals surface area contributed by atoms with Gasteiger partial charge in [0.05, 0.1) is 0 Å². The molecule has 4 rings (SSSR count). The first-order valence-electron chi connectivity index (χ1n) is 10.2. The molecular weight excluding hydrogens is 424 g/mol. The molecule has 2 heterocycles. The summed E-state index contributed by atoms with van der Waals surface area (Å²) in [5.41, 5.74) is 0.648. The Balaban J connectivity index is 1.28. The number of amides is 1. The van der Waals surface area contributed by atoms with E-state index in [4.69, 9.17) is 9.47 Å². The van der Waals surface area contributed by atoms with E-state index in [0.717, 1.165) is 31.4 Å². The van der Waals surface area contributed by atoms with E-state index in [1.165, 1.54) is 29.1 Å². The van der Waals surface area contributed by atoms with E-state index in [0.29, 0.717) is 22.1 Å². The van der Waals surface area contributed by atoms with Crippen molar-refractivity contribution in [3.05, 3.63) is 35.7 Å². The van der Waals surface area contributed by atoms with Crippen LogP contribution in [0.1, 0.15) is 44.9 Å². The van der Waals surface area contributed by atoms with Crippen LogP contribution in [0.5, 0.6) is 11.5 Å². The molecule has 1 amide bonds. The minimum atomic E-state index is -3.48. The molecule has 1 fully saturated rings. The third-order valence-corrected chi connectivity index (χ3v) is 8.70. The Morgan fingerprint density at radius 2 is 1.93 bits per heavy atom. The third-order valence-electron chi connectivity index (χ3n) is 5.47. The fourth-order valence-electron chi connectivity index (χ4n) is 3.84. The van der Waals surface area contributed by atoms with Crippen molar-refractivity contribution in [3.8, 4) is 11.5 Å². The molecule has 9 heteroatoms. The predicted molar refractivity (Wildman–Crippen MR) is 116 cm³/mol. The molecule has 2 aliphatic rings. The molecule has 1 saturated carbocycles. The number of carbonyl (C=O) groups is 1. The lowest BCUT2D eigenvalue weighted by Gasteiger charge is -2.31. The molecule has 1 spiro atoms. The first kappa shape index (κ1) is 21.1. The maximum absolute atomic E-state index is 12.4. The quantitative estimate of drug-likeness (QED) is 0.683. The lowest BCUT2D eigenvalue weighted by Crippen LogP contribution is -2.40. The Hall–Kier alpha value is -2.10. The topological polar surface area (TPSA) is 84.9 Å². The molecule has 2 aromatic rings. The van der Waals surface area contributed by atoms with Gasteiger partial charge < -0.3 is 14.8 Å². The molecule has 162 valence electrons. The molecule has 1 aromatic heterocycles. The summed E-state index contributed by atoms with van der Waals surface area (Å²) in [7, 11) is -1.95. The van der Waals surface area contributed by atoms with Crippen LogP contribution in [0, 0.1) is 0 Å². The molecule has 1 aliphatic carbocycles. The van der Waals surface area contributed by atoms with Crippen LogP contribution in [-0.2, 0) is 14.8 Å². The zero-order chi connectivity index (χ0) is 21.2. The van der Waals surface area contributed by atoms with Gasteiger partial charge in [0, 0.05) is 44.6 Å². The zero-order valence-corrected chi connectivity index (χ0v) is 18.6. The summed E-state index contributed by atoms with van der Waals surface area (Å²) in [5.74, 6) is 0.678. The Bertz CT molecular complexity index is 998. The van der Waals surface area contributed by atoms with Crippen molar-refractivity contribution in [2.24, 2.45) is 0 Å². The van der Waals surface area contributed by atoms with Gasteiger partial charge in [0.2, 0.25) is 5.91 Å².